The summed E-state index contributed by atoms with van der Waals surface area (Å²) in [5.74, 6) is -11.8. The maximum Gasteiger partial charge on any atom is 0.326 e. The van der Waals surface area contributed by atoms with E-state index in [-0.39, 0.29) is 132 Å². The maximum atomic E-state index is 14.5. The number of aliphatic hydroxyl groups is 1. The summed E-state index contributed by atoms with van der Waals surface area (Å²) >= 11 is 9.97. The number of nitrogens with two attached hydrogens (primary N) is 9. The molecule has 0 saturated carbocycles. The number of aromatic amines is 1. The zero-order valence-corrected chi connectivity index (χ0v) is 59.3. The molecule has 2 aromatic rings. The minimum Gasteiger partial charge on any atom is -0.480 e. The van der Waals surface area contributed by atoms with Crippen molar-refractivity contribution < 1.29 is 63.0 Å². The number of aliphatic imine (C=N–C) groups is 4. The molecule has 12 atom stereocenters. The van der Waals surface area contributed by atoms with Gasteiger partial charge in [-0.25, -0.2) is 4.79 Å². The van der Waals surface area contributed by atoms with Crippen molar-refractivity contribution in [2.75, 3.05) is 56.2 Å². The van der Waals surface area contributed by atoms with E-state index in [1.807, 2.05) is 24.3 Å². The van der Waals surface area contributed by atoms with Gasteiger partial charge in [0.05, 0.1) is 12.1 Å². The molecule has 558 valence electrons. The van der Waals surface area contributed by atoms with E-state index < -0.39 is 144 Å². The van der Waals surface area contributed by atoms with Crippen LogP contribution in [0.4, 0.5) is 0 Å². The van der Waals surface area contributed by atoms with Gasteiger partial charge in [-0.3, -0.25) is 67.9 Å². The molecule has 0 spiro atoms. The summed E-state index contributed by atoms with van der Waals surface area (Å²) in [6, 6.07) is -7.97. The highest BCUT2D eigenvalue weighted by Crippen LogP contribution is 2.22. The second kappa shape index (κ2) is 44.2. The van der Waals surface area contributed by atoms with Crippen LogP contribution in [0, 0.1) is 5.92 Å². The number of hydrogen-bond donors (Lipinski definition) is 23. The number of H-pyrrole nitrogens is 1. The van der Waals surface area contributed by atoms with Crippen LogP contribution in [0.2, 0.25) is 0 Å². The number of aliphatic hydroxyl groups excluding tert-OH is 1. The summed E-state index contributed by atoms with van der Waals surface area (Å²) in [6.45, 7) is 4.47. The topological polar surface area (TPSA) is 639 Å². The molecule has 1 fully saturated rings. The van der Waals surface area contributed by atoms with E-state index >= 15 is 0 Å². The average molecular weight is 1460 g/mol. The molecule has 0 aliphatic carbocycles. The standard InChI is InChI=1S/C60H102N24O13S3/c1-30(2)44(53(93)77-37(16-9-22-72-59(66)67)47(87)75-36(15-8-21-71-58(64)65)48(88)80-41(28-98)51(91)78-39(56(96)97)19-25-100-4)82-54(94)45(31(3)85)83-49(89)38(17-10-23-73-60(68)69)76-52(92)43-18-11-24-84(43)55(95)42(29-99)81-50(90)40(26-32-27-74-35-14-6-5-12-33(32)35)79-46(86)34(61)13-7-20-70-57(62)63/h5-6,12,14,27,30-31,34,36-45,74,85,98-99H,7-11,13,15-26,28-29,61H2,1-4H3,(H,75,87)(H,76,92)(H,77,93)(H,78,91)(H,79,86)(H,80,88)(H,81,90)(H,82,94)(H,83,89)(H,96,97)(H4,62,63,70)(H4,64,65,71)(H4,66,67,72)(H4,68,69,73)/t31-,34+,36+,37+,38+,39+,40+,41+,42+,43+,44+,45+/m1/s1. The Morgan fingerprint density at radius 2 is 0.990 bits per heavy atom. The smallest absolute Gasteiger partial charge is 0.326 e. The van der Waals surface area contributed by atoms with Crippen molar-refractivity contribution in [2.45, 2.75) is 170 Å². The molecule has 1 aromatic carbocycles. The Balaban J connectivity index is 1.90. The number of hydrogen-bond acceptors (Lipinski definition) is 20. The lowest BCUT2D eigenvalue weighted by molar-refractivity contribution is -0.142. The molecule has 0 radical (unpaired) electrons. The number of likely N-dealkylation sites (tertiary alicyclic amines) is 1. The summed E-state index contributed by atoms with van der Waals surface area (Å²) < 4.78 is 0. The van der Waals surface area contributed by atoms with Gasteiger partial charge in [-0.1, -0.05) is 32.0 Å². The number of nitrogens with zero attached hydrogens (tertiary/aromatic N) is 5. The third kappa shape index (κ3) is 29.4. The maximum absolute atomic E-state index is 14.5. The van der Waals surface area contributed by atoms with E-state index in [2.05, 4.69) is 98.1 Å². The molecule has 0 bridgehead atoms. The monoisotopic (exact) mass is 1460 g/mol. The van der Waals surface area contributed by atoms with Crippen molar-refractivity contribution in [1.29, 1.82) is 0 Å². The molecule has 1 aliphatic rings. The van der Waals surface area contributed by atoms with Gasteiger partial charge in [-0.15, -0.1) is 0 Å². The first-order valence-corrected chi connectivity index (χ1v) is 35.2. The molecule has 1 saturated heterocycles. The van der Waals surface area contributed by atoms with Gasteiger partial charge < -0.3 is 120 Å². The van der Waals surface area contributed by atoms with Crippen LogP contribution in [0.25, 0.3) is 10.9 Å². The number of thioether (sulfide) groups is 1. The minimum atomic E-state index is -1.82. The number of guanidine groups is 4. The van der Waals surface area contributed by atoms with Crippen LogP contribution in [-0.2, 0) is 59.2 Å². The predicted molar refractivity (Wildman–Crippen MR) is 387 cm³/mol. The number of aromatic nitrogens is 1. The number of thiol groups is 2. The van der Waals surface area contributed by atoms with Crippen molar-refractivity contribution in [3.8, 4) is 0 Å². The first kappa shape index (κ1) is 85.2. The molecule has 37 nitrogen and oxygen atoms in total. The van der Waals surface area contributed by atoms with Crippen molar-refractivity contribution in [1.82, 2.24) is 57.7 Å². The van der Waals surface area contributed by atoms with Gasteiger partial charge in [0.25, 0.3) is 0 Å². The second-order valence-electron chi connectivity index (χ2n) is 24.0. The number of carboxylic acid groups (broad SMARTS) is 1. The highest BCUT2D eigenvalue weighted by molar-refractivity contribution is 7.98. The van der Waals surface area contributed by atoms with Crippen LogP contribution in [0.1, 0.15) is 97.0 Å². The summed E-state index contributed by atoms with van der Waals surface area (Å²) in [5.41, 5.74) is 51.8. The number of carbonyl (C=O) groups is 11. The SMILES string of the molecule is CSCC[C@H](NC(=O)[C@H](CS)NC(=O)[C@H](CCCN=C(N)N)NC(=O)[C@H](CCCN=C(N)N)NC(=O)[C@@H](NC(=O)[C@@H](NC(=O)[C@H](CCCN=C(N)N)NC(=O)[C@@H]1CCCN1C(=O)[C@H](CS)NC(=O)[C@H](Cc1c[nH]c2ccccc12)NC(=O)[C@@H](N)CCCN=C(N)N)[C@@H](C)O)C(C)C)C(=O)O. The Bertz CT molecular complexity index is 3200. The van der Waals surface area contributed by atoms with Crippen LogP contribution < -0.4 is 99.5 Å². The van der Waals surface area contributed by atoms with Gasteiger partial charge in [-0.05, 0) is 107 Å². The lowest BCUT2D eigenvalue weighted by Gasteiger charge is -2.31. The quantitative estimate of drug-likeness (QED) is 0.0127. The normalized spacial score (nSPS) is 15.9. The van der Waals surface area contributed by atoms with E-state index in [1.165, 1.54) is 23.6 Å². The fourth-order valence-corrected chi connectivity index (χ4v) is 11.4. The number of carboxylic acids is 1. The van der Waals surface area contributed by atoms with Crippen LogP contribution in [0.15, 0.2) is 50.4 Å². The number of fused-ring (bicyclic) bond motifs is 1. The highest BCUT2D eigenvalue weighted by atomic mass is 32.2. The van der Waals surface area contributed by atoms with Crippen LogP contribution in [0.3, 0.4) is 0 Å². The average Bonchev–Trinajstić information content (AvgIpc) is 1.42. The van der Waals surface area contributed by atoms with Gasteiger partial charge in [0, 0.05) is 67.8 Å². The van der Waals surface area contributed by atoms with Crippen LogP contribution >= 0.6 is 37.0 Å². The van der Waals surface area contributed by atoms with Gasteiger partial charge in [0.1, 0.15) is 60.4 Å². The molecule has 40 heteroatoms. The van der Waals surface area contributed by atoms with Crippen molar-refractivity contribution in [2.24, 2.45) is 77.5 Å². The van der Waals surface area contributed by atoms with Crippen molar-refractivity contribution in [3.05, 3.63) is 36.0 Å². The van der Waals surface area contributed by atoms with E-state index in [9.17, 15) is 63.0 Å². The van der Waals surface area contributed by atoms with Gasteiger partial charge in [0.15, 0.2) is 23.8 Å². The molecular weight excluding hydrogens is 1360 g/mol. The largest absolute Gasteiger partial charge is 0.480 e. The molecule has 1 aliphatic heterocycles. The number of nitrogens with one attached hydrogen (secondary N) is 10. The number of carbonyl (C=O) groups excluding carboxylic acids is 10. The van der Waals surface area contributed by atoms with Crippen LogP contribution in [-0.4, -0.2) is 238 Å². The lowest BCUT2D eigenvalue weighted by atomic mass is 10.0. The third-order valence-corrected chi connectivity index (χ3v) is 17.1. The summed E-state index contributed by atoms with van der Waals surface area (Å²) in [6.07, 6.45) is 2.54. The molecule has 0 unspecified atom stereocenters. The lowest BCUT2D eigenvalue weighted by Crippen LogP contribution is -2.62. The predicted octanol–water partition coefficient (Wildman–Crippen LogP) is -6.66. The Morgan fingerprint density at radius 3 is 1.49 bits per heavy atom. The van der Waals surface area contributed by atoms with E-state index in [4.69, 9.17) is 51.6 Å². The molecule has 10 amide bonds. The Hall–Kier alpha value is -9.02. The molecule has 100 heavy (non-hydrogen) atoms. The number of amides is 10. The highest BCUT2D eigenvalue weighted by Gasteiger charge is 2.41. The first-order chi connectivity index (χ1) is 47.3. The van der Waals surface area contributed by atoms with E-state index in [1.54, 1.807) is 26.3 Å². The first-order valence-electron chi connectivity index (χ1n) is 32.5. The van der Waals surface area contributed by atoms with Crippen molar-refractivity contribution in [3.63, 3.8) is 0 Å². The zero-order chi connectivity index (χ0) is 74.8. The molecule has 3 rings (SSSR count). The minimum absolute atomic E-state index is 0.00111. The fourth-order valence-electron chi connectivity index (χ4n) is 10.4. The Labute approximate surface area is 594 Å². The number of rotatable bonds is 45. The fraction of sp³-hybridized carbons (Fsp3) is 0.617. The van der Waals surface area contributed by atoms with Crippen molar-refractivity contribution >= 4 is 137 Å². The summed E-state index contributed by atoms with van der Waals surface area (Å²) in [4.78, 5) is 174. The van der Waals surface area contributed by atoms with E-state index in [0.29, 0.717) is 24.2 Å². The Kier molecular flexibility index (Phi) is 37.6. The number of benzene rings is 1. The molecular formula is C60H102N24O13S3. The third-order valence-electron chi connectivity index (χ3n) is 15.8. The van der Waals surface area contributed by atoms with Gasteiger partial charge >= 0.3 is 5.97 Å². The van der Waals surface area contributed by atoms with Gasteiger partial charge in [0.2, 0.25) is 59.1 Å². The van der Waals surface area contributed by atoms with E-state index in [0.717, 1.165) is 10.9 Å². The second-order valence-corrected chi connectivity index (χ2v) is 25.7. The number of para-hydroxylation sites is 1. The van der Waals surface area contributed by atoms with Gasteiger partial charge in [-0.2, -0.15) is 37.0 Å². The Morgan fingerprint density at radius 1 is 0.560 bits per heavy atom. The molecule has 2 heterocycles. The molecule has 1 aromatic heterocycles. The summed E-state index contributed by atoms with van der Waals surface area (Å²) in [5, 5.41) is 44.9. The van der Waals surface area contributed by atoms with Crippen LogP contribution in [0.5, 0.6) is 0 Å². The molecule has 30 N–H and O–H groups in total. The number of aliphatic carboxylic acids is 1. The summed E-state index contributed by atoms with van der Waals surface area (Å²) in [7, 11) is 0. The zero-order valence-electron chi connectivity index (χ0n) is 56.7.